The van der Waals surface area contributed by atoms with Gasteiger partial charge in [-0.25, -0.2) is 0 Å². The van der Waals surface area contributed by atoms with Gasteiger partial charge in [-0.15, -0.1) is 0 Å². The van der Waals surface area contributed by atoms with E-state index in [4.69, 9.17) is 9.47 Å². The molecule has 1 saturated carbocycles. The van der Waals surface area contributed by atoms with Crippen LogP contribution in [-0.2, 0) is 9.47 Å². The van der Waals surface area contributed by atoms with Crippen molar-refractivity contribution in [3.8, 4) is 0 Å². The Morgan fingerprint density at radius 3 is 2.62 bits per heavy atom. The van der Waals surface area contributed by atoms with Crippen molar-refractivity contribution >= 4 is 5.96 Å². The molecule has 0 amide bonds. The molecule has 1 aliphatic carbocycles. The maximum Gasteiger partial charge on any atom is 0.191 e. The molecular weight excluding hydrogens is 328 g/mol. The lowest BCUT2D eigenvalue weighted by Gasteiger charge is -2.35. The molecule has 0 aromatic rings. The number of likely N-dealkylation sites (N-methyl/N-ethyl adjacent to an activating group) is 1. The minimum absolute atomic E-state index is 0.320. The number of nitrogens with zero attached hydrogens (tertiary/aromatic N) is 2. The molecule has 2 unspecified atom stereocenters. The maximum atomic E-state index is 5.71. The van der Waals surface area contributed by atoms with Gasteiger partial charge in [0.2, 0.25) is 0 Å². The number of nitrogens with one attached hydrogen (secondary N) is 2. The summed E-state index contributed by atoms with van der Waals surface area (Å²) in [5.41, 5.74) is 0. The molecule has 2 aliphatic rings. The van der Waals surface area contributed by atoms with Crippen LogP contribution in [0.3, 0.4) is 0 Å². The normalized spacial score (nSPS) is 23.4. The molecule has 152 valence electrons. The molecule has 0 aromatic heterocycles. The molecule has 1 aliphatic heterocycles. The standard InChI is InChI=1S/C20H40N4O2/c1-21-20(22-12-8-13-25-16-18-11-7-14-26-18)23-15-19(24(2)3)17-9-5-4-6-10-17/h17-19H,4-16H2,1-3H3,(H2,21,22,23). The van der Waals surface area contributed by atoms with E-state index in [0.717, 1.165) is 57.6 Å². The minimum Gasteiger partial charge on any atom is -0.379 e. The van der Waals surface area contributed by atoms with E-state index in [1.807, 2.05) is 7.05 Å². The first-order valence-electron chi connectivity index (χ1n) is 10.5. The summed E-state index contributed by atoms with van der Waals surface area (Å²) in [5.74, 6) is 1.70. The van der Waals surface area contributed by atoms with Crippen molar-refractivity contribution in [3.05, 3.63) is 0 Å². The SMILES string of the molecule is CN=C(NCCCOCC1CCCO1)NCC(C1CCCCC1)N(C)C. The molecule has 2 atom stereocenters. The molecular formula is C20H40N4O2. The minimum atomic E-state index is 0.320. The highest BCUT2D eigenvalue weighted by atomic mass is 16.5. The van der Waals surface area contributed by atoms with E-state index in [9.17, 15) is 0 Å². The number of hydrogen-bond acceptors (Lipinski definition) is 4. The summed E-state index contributed by atoms with van der Waals surface area (Å²) >= 11 is 0. The summed E-state index contributed by atoms with van der Waals surface area (Å²) in [7, 11) is 6.24. The Morgan fingerprint density at radius 1 is 1.15 bits per heavy atom. The number of aliphatic imine (C=N–C) groups is 1. The lowest BCUT2D eigenvalue weighted by Crippen LogP contribution is -2.48. The van der Waals surface area contributed by atoms with Gasteiger partial charge in [0.05, 0.1) is 12.7 Å². The summed E-state index contributed by atoms with van der Waals surface area (Å²) in [6, 6.07) is 0.573. The smallest absolute Gasteiger partial charge is 0.191 e. The molecule has 2 rings (SSSR count). The largest absolute Gasteiger partial charge is 0.379 e. The number of hydrogen-bond donors (Lipinski definition) is 2. The fraction of sp³-hybridized carbons (Fsp3) is 0.950. The Labute approximate surface area is 160 Å². The molecule has 26 heavy (non-hydrogen) atoms. The van der Waals surface area contributed by atoms with Crippen LogP contribution in [-0.4, -0.2) is 77.1 Å². The Hall–Kier alpha value is -0.850. The molecule has 0 aromatic carbocycles. The first-order chi connectivity index (χ1) is 12.7. The van der Waals surface area contributed by atoms with E-state index in [1.165, 1.54) is 38.5 Å². The van der Waals surface area contributed by atoms with Crippen LogP contribution in [0.1, 0.15) is 51.4 Å². The van der Waals surface area contributed by atoms with E-state index >= 15 is 0 Å². The summed E-state index contributed by atoms with van der Waals surface area (Å²) in [5, 5.41) is 6.92. The van der Waals surface area contributed by atoms with Gasteiger partial charge in [-0.2, -0.15) is 0 Å². The molecule has 0 bridgehead atoms. The molecule has 6 nitrogen and oxygen atoms in total. The molecule has 6 heteroatoms. The fourth-order valence-electron chi connectivity index (χ4n) is 4.08. The van der Waals surface area contributed by atoms with Crippen LogP contribution >= 0.6 is 0 Å². The highest BCUT2D eigenvalue weighted by Gasteiger charge is 2.25. The highest BCUT2D eigenvalue weighted by molar-refractivity contribution is 5.79. The van der Waals surface area contributed by atoms with E-state index in [2.05, 4.69) is 34.6 Å². The van der Waals surface area contributed by atoms with Gasteiger partial charge in [-0.05, 0) is 52.1 Å². The zero-order valence-corrected chi connectivity index (χ0v) is 17.1. The van der Waals surface area contributed by atoms with Gasteiger partial charge in [0.15, 0.2) is 5.96 Å². The van der Waals surface area contributed by atoms with Gasteiger partial charge in [0.25, 0.3) is 0 Å². The van der Waals surface area contributed by atoms with Crippen molar-refractivity contribution in [2.45, 2.75) is 63.5 Å². The third-order valence-electron chi connectivity index (χ3n) is 5.65. The Balaban J connectivity index is 1.58. The topological polar surface area (TPSA) is 58.1 Å². The molecule has 2 fully saturated rings. The third-order valence-corrected chi connectivity index (χ3v) is 5.65. The van der Waals surface area contributed by atoms with Crippen molar-refractivity contribution < 1.29 is 9.47 Å². The second-order valence-electron chi connectivity index (χ2n) is 7.87. The number of guanidine groups is 1. The molecule has 2 N–H and O–H groups in total. The van der Waals surface area contributed by atoms with Crippen molar-refractivity contribution in [1.82, 2.24) is 15.5 Å². The third kappa shape index (κ3) is 7.80. The summed E-state index contributed by atoms with van der Waals surface area (Å²) in [6.07, 6.45) is 10.5. The summed E-state index contributed by atoms with van der Waals surface area (Å²) < 4.78 is 11.3. The van der Waals surface area contributed by atoms with Gasteiger partial charge >= 0.3 is 0 Å². The lowest BCUT2D eigenvalue weighted by atomic mass is 9.83. The second kappa shape index (κ2) is 12.5. The molecule has 0 radical (unpaired) electrons. The van der Waals surface area contributed by atoms with E-state index in [0.29, 0.717) is 12.1 Å². The second-order valence-corrected chi connectivity index (χ2v) is 7.87. The van der Waals surface area contributed by atoms with Crippen LogP contribution in [0.4, 0.5) is 0 Å². The van der Waals surface area contributed by atoms with Gasteiger partial charge in [-0.3, -0.25) is 4.99 Å². The van der Waals surface area contributed by atoms with Gasteiger partial charge in [0, 0.05) is 39.4 Å². The lowest BCUT2D eigenvalue weighted by molar-refractivity contribution is 0.0168. The van der Waals surface area contributed by atoms with Crippen molar-refractivity contribution in [2.24, 2.45) is 10.9 Å². The van der Waals surface area contributed by atoms with Crippen LogP contribution in [0.15, 0.2) is 4.99 Å². The predicted octanol–water partition coefficient (Wildman–Crippen LogP) is 2.25. The van der Waals surface area contributed by atoms with E-state index in [-0.39, 0.29) is 0 Å². The maximum absolute atomic E-state index is 5.71. The number of rotatable bonds is 10. The first-order valence-corrected chi connectivity index (χ1v) is 10.5. The average Bonchev–Trinajstić information content (AvgIpc) is 3.17. The van der Waals surface area contributed by atoms with Crippen LogP contribution in [0.25, 0.3) is 0 Å². The van der Waals surface area contributed by atoms with Crippen molar-refractivity contribution in [2.75, 3.05) is 54.1 Å². The zero-order valence-electron chi connectivity index (χ0n) is 17.1. The first kappa shape index (κ1) is 21.5. The fourth-order valence-corrected chi connectivity index (χ4v) is 4.08. The van der Waals surface area contributed by atoms with Gasteiger partial charge in [-0.1, -0.05) is 19.3 Å². The summed E-state index contributed by atoms with van der Waals surface area (Å²) in [6.45, 7) is 4.23. The Kier molecular flexibility index (Phi) is 10.3. The average molecular weight is 369 g/mol. The monoisotopic (exact) mass is 368 g/mol. The quantitative estimate of drug-likeness (QED) is 0.352. The molecule has 1 saturated heterocycles. The van der Waals surface area contributed by atoms with Crippen LogP contribution in [0, 0.1) is 5.92 Å². The van der Waals surface area contributed by atoms with Crippen LogP contribution in [0.2, 0.25) is 0 Å². The van der Waals surface area contributed by atoms with Crippen molar-refractivity contribution in [1.29, 1.82) is 0 Å². The Bertz CT molecular complexity index is 391. The van der Waals surface area contributed by atoms with E-state index < -0.39 is 0 Å². The molecule has 0 spiro atoms. The molecule has 1 heterocycles. The van der Waals surface area contributed by atoms with Crippen LogP contribution < -0.4 is 10.6 Å². The van der Waals surface area contributed by atoms with E-state index in [1.54, 1.807) is 0 Å². The van der Waals surface area contributed by atoms with Gasteiger partial charge < -0.3 is 25.0 Å². The predicted molar refractivity (Wildman–Crippen MR) is 108 cm³/mol. The summed E-state index contributed by atoms with van der Waals surface area (Å²) in [4.78, 5) is 6.73. The van der Waals surface area contributed by atoms with Crippen LogP contribution in [0.5, 0.6) is 0 Å². The van der Waals surface area contributed by atoms with Crippen molar-refractivity contribution in [3.63, 3.8) is 0 Å². The Morgan fingerprint density at radius 2 is 1.96 bits per heavy atom. The zero-order chi connectivity index (χ0) is 18.6. The number of ether oxygens (including phenoxy) is 2. The van der Waals surface area contributed by atoms with Gasteiger partial charge in [0.1, 0.15) is 0 Å². The highest BCUT2D eigenvalue weighted by Crippen LogP contribution is 2.28.